The number of hydrogen-bond donors (Lipinski definition) is 1. The maximum absolute atomic E-state index is 12.5. The lowest BCUT2D eigenvalue weighted by Crippen LogP contribution is -2.35. The number of carbonyl (C=O) groups excluding carboxylic acids is 8. The van der Waals surface area contributed by atoms with E-state index in [2.05, 4.69) is 38.5 Å². The van der Waals surface area contributed by atoms with Gasteiger partial charge in [-0.25, -0.2) is 4.79 Å². The number of ether oxygens (including phenoxy) is 10. The van der Waals surface area contributed by atoms with E-state index in [0.29, 0.717) is 57.2 Å². The Morgan fingerprint density at radius 1 is 0.589 bits per heavy atom. The molecule has 1 fully saturated rings. The Bertz CT molecular complexity index is 2980. The SMILES string of the molecule is CC(C)(C)OC(=O)CCCC(=O)O.COc1ccc2c3c1O[C@H]1C[C@@H](OC(=O)CCCC(=O)OC(=O)C(F)(F)F)C=C(CN(C)C2)[C@@H]31.COc1ccc2c3c1O[C@H]1C[C@@H](OC(=O)CCCC(=O)OC(C)(C)C)C=C(CN(C)C2)[C@@H]31.ClCCl.O=C1CCCC(=O)O1. The van der Waals surface area contributed by atoms with E-state index in [1.54, 1.807) is 35.0 Å². The van der Waals surface area contributed by atoms with Crippen LogP contribution >= 0.6 is 23.2 Å². The third-order valence-corrected chi connectivity index (χ3v) is 14.3. The highest BCUT2D eigenvalue weighted by molar-refractivity contribution is 6.40. The van der Waals surface area contributed by atoms with Crippen LogP contribution in [0.25, 0.3) is 0 Å². The first kappa shape index (κ1) is 73.8. The molecule has 0 spiro atoms. The summed E-state index contributed by atoms with van der Waals surface area (Å²) in [6, 6.07) is 8.02. The highest BCUT2D eigenvalue weighted by Crippen LogP contribution is 2.55. The first-order chi connectivity index (χ1) is 42.2. The molecule has 0 amide bonds. The number of halogens is 5. The van der Waals surface area contributed by atoms with E-state index in [1.165, 1.54) is 22.3 Å². The number of likely N-dealkylation sites (N-methyl/N-ethyl adjacent to an activating group) is 2. The minimum atomic E-state index is -5.25. The second-order valence-electron chi connectivity index (χ2n) is 24.2. The van der Waals surface area contributed by atoms with Gasteiger partial charge in [-0.05, 0) is 128 Å². The van der Waals surface area contributed by atoms with Crippen LogP contribution in [-0.2, 0) is 84.7 Å². The van der Waals surface area contributed by atoms with Gasteiger partial charge >= 0.3 is 59.9 Å². The third-order valence-electron chi connectivity index (χ3n) is 14.3. The lowest BCUT2D eigenvalue weighted by Gasteiger charge is -2.31. The van der Waals surface area contributed by atoms with Crippen molar-refractivity contribution in [3.8, 4) is 23.0 Å². The van der Waals surface area contributed by atoms with Gasteiger partial charge in [-0.2, -0.15) is 13.2 Å². The molecule has 27 heteroatoms. The number of rotatable bonds is 16. The Balaban J connectivity index is 0.000000241. The topological polar surface area (TPSA) is 273 Å². The number of hydrogen-bond acceptors (Lipinski definition) is 21. The van der Waals surface area contributed by atoms with Crippen LogP contribution in [-0.4, -0.2) is 157 Å². The molecule has 1 N–H and O–H groups in total. The summed E-state index contributed by atoms with van der Waals surface area (Å²) in [5.41, 5.74) is 6.05. The number of nitrogens with zero attached hydrogens (tertiary/aromatic N) is 2. The van der Waals surface area contributed by atoms with Crippen LogP contribution in [0.3, 0.4) is 0 Å². The molecule has 90 heavy (non-hydrogen) atoms. The molecule has 0 unspecified atom stereocenters. The summed E-state index contributed by atoms with van der Waals surface area (Å²) < 4.78 is 89.5. The Morgan fingerprint density at radius 2 is 0.967 bits per heavy atom. The van der Waals surface area contributed by atoms with E-state index in [9.17, 15) is 56.3 Å². The third kappa shape index (κ3) is 22.8. The maximum Gasteiger partial charge on any atom is 0.491 e. The minimum Gasteiger partial charge on any atom is -0.493 e. The van der Waals surface area contributed by atoms with Crippen molar-refractivity contribution in [1.29, 1.82) is 0 Å². The lowest BCUT2D eigenvalue weighted by atomic mass is 9.80. The average molecular weight is 1310 g/mol. The fourth-order valence-corrected chi connectivity index (χ4v) is 11.0. The Kier molecular flexibility index (Phi) is 27.4. The van der Waals surface area contributed by atoms with Gasteiger partial charge in [-0.15, -0.1) is 23.2 Å². The highest BCUT2D eigenvalue weighted by atomic mass is 35.5. The molecule has 7 aliphatic rings. The highest BCUT2D eigenvalue weighted by Gasteiger charge is 2.48. The summed E-state index contributed by atoms with van der Waals surface area (Å²) in [4.78, 5) is 105. The second kappa shape index (κ2) is 33.4. The monoisotopic (exact) mass is 1310 g/mol. The molecular formula is C63H81Cl2F3N2O20. The van der Waals surface area contributed by atoms with Crippen LogP contribution in [0.5, 0.6) is 23.0 Å². The summed E-state index contributed by atoms with van der Waals surface area (Å²) >= 11 is 9.53. The molecule has 498 valence electrons. The first-order valence-electron chi connectivity index (χ1n) is 29.5. The fraction of sp³-hybridized carbons (Fsp3) is 0.603. The fourth-order valence-electron chi connectivity index (χ4n) is 11.0. The molecule has 2 aromatic rings. The van der Waals surface area contributed by atoms with Gasteiger partial charge in [0.05, 0.1) is 19.6 Å². The molecule has 0 aromatic heterocycles. The molecule has 5 heterocycles. The van der Waals surface area contributed by atoms with Gasteiger partial charge in [-0.3, -0.25) is 48.2 Å². The van der Waals surface area contributed by atoms with E-state index in [4.69, 9.17) is 66.2 Å². The van der Waals surface area contributed by atoms with Crippen molar-refractivity contribution in [3.05, 3.63) is 69.8 Å². The number of carboxylic acid groups (broad SMARTS) is 1. The summed E-state index contributed by atoms with van der Waals surface area (Å²) in [5.74, 6) is -3.97. The molecule has 22 nitrogen and oxygen atoms in total. The first-order valence-corrected chi connectivity index (χ1v) is 30.5. The summed E-state index contributed by atoms with van der Waals surface area (Å²) in [6.07, 6.45) is 0.560. The molecular weight excluding hydrogens is 1230 g/mol. The molecule has 9 rings (SSSR count). The standard InChI is InChI=1S/C25H33NO6.C23H24F3NO7.C9H16O4.C5H6O3.CH2Cl2/c1-25(2,3)32-21(28)8-6-7-20(27)30-17-11-16-14-26(4)13-15-9-10-18(29-5)24-23(15)22(16)19(12-17)31-24;1-27-10-12-6-7-15(31-2)21-20(12)19-13(11-27)8-14(9-16(19)33-21)32-17(28)4-3-5-18(29)34-22(30)23(24,25)26;1-9(2,3)13-8(12)6-4-5-7(10)11;6-4-2-1-3-5(7)8-4;2-1-3/h9-11,17,19,22H,6-8,12-14H2,1-5H3;6-8,14,16,19H,3-5,9-11H2,1-2H3;4-6H2,1-3H3,(H,10,11);1-3H2;1H2/t17-,19-,22+;14-,16-,19+;;;/m00.../s1. The van der Waals surface area contributed by atoms with Crippen molar-refractivity contribution in [1.82, 2.24) is 9.80 Å². The van der Waals surface area contributed by atoms with Crippen molar-refractivity contribution in [2.24, 2.45) is 0 Å². The van der Waals surface area contributed by atoms with Crippen molar-refractivity contribution in [3.63, 3.8) is 0 Å². The van der Waals surface area contributed by atoms with Gasteiger partial charge in [0, 0.05) is 113 Å². The predicted molar refractivity (Wildman–Crippen MR) is 318 cm³/mol. The van der Waals surface area contributed by atoms with Crippen LogP contribution < -0.4 is 18.9 Å². The molecule has 0 bridgehead atoms. The van der Waals surface area contributed by atoms with Crippen LogP contribution in [0.1, 0.15) is 166 Å². The molecule has 0 radical (unpaired) electrons. The number of carbonyl (C=O) groups is 9. The number of cyclic esters (lactones) is 2. The average Bonchev–Trinajstić information content (AvgIpc) is 1.59. The lowest BCUT2D eigenvalue weighted by molar-refractivity contribution is -0.201. The van der Waals surface area contributed by atoms with Gasteiger partial charge in [0.2, 0.25) is 0 Å². The number of esters is 8. The molecule has 1 saturated heterocycles. The van der Waals surface area contributed by atoms with Crippen molar-refractivity contribution >= 4 is 76.9 Å². The molecule has 5 aliphatic heterocycles. The largest absolute Gasteiger partial charge is 0.493 e. The van der Waals surface area contributed by atoms with Crippen LogP contribution in [0.15, 0.2) is 47.6 Å². The summed E-state index contributed by atoms with van der Waals surface area (Å²) in [6.45, 7) is 13.9. The number of alkyl halides is 5. The molecule has 2 aliphatic carbocycles. The van der Waals surface area contributed by atoms with Gasteiger partial charge < -0.3 is 52.5 Å². The zero-order valence-electron chi connectivity index (χ0n) is 52.4. The van der Waals surface area contributed by atoms with Gasteiger partial charge in [0.25, 0.3) is 0 Å². The van der Waals surface area contributed by atoms with E-state index >= 15 is 0 Å². The number of benzene rings is 2. The molecule has 6 atom stereocenters. The van der Waals surface area contributed by atoms with Crippen LogP contribution in [0, 0.1) is 0 Å². The van der Waals surface area contributed by atoms with Gasteiger partial charge in [0.15, 0.2) is 23.0 Å². The summed E-state index contributed by atoms with van der Waals surface area (Å²) in [5, 5.41) is 8.50. The van der Waals surface area contributed by atoms with E-state index in [-0.39, 0.29) is 104 Å². The smallest absolute Gasteiger partial charge is 0.491 e. The van der Waals surface area contributed by atoms with Crippen molar-refractivity contribution < 1.29 is 109 Å². The quantitative estimate of drug-likeness (QED) is 0.0538. The Hall–Kier alpha value is -6.96. The van der Waals surface area contributed by atoms with Gasteiger partial charge in [0.1, 0.15) is 35.6 Å². The predicted octanol–water partition coefficient (Wildman–Crippen LogP) is 10.0. The number of methoxy groups -OCH3 is 2. The van der Waals surface area contributed by atoms with Crippen molar-refractivity contribution in [2.45, 2.75) is 198 Å². The van der Waals surface area contributed by atoms with Crippen molar-refractivity contribution in [2.75, 3.05) is 46.7 Å². The van der Waals surface area contributed by atoms with Crippen LogP contribution in [0.4, 0.5) is 13.2 Å². The normalized spacial score (nSPS) is 20.9. The number of aliphatic carboxylic acids is 1. The second-order valence-corrected chi connectivity index (χ2v) is 25.0. The van der Waals surface area contributed by atoms with E-state index in [1.807, 2.05) is 52.1 Å². The number of carboxylic acids is 1. The van der Waals surface area contributed by atoms with E-state index < -0.39 is 53.8 Å². The molecule has 0 saturated carbocycles. The van der Waals surface area contributed by atoms with E-state index in [0.717, 1.165) is 48.0 Å². The molecule has 2 aromatic carbocycles. The summed E-state index contributed by atoms with van der Waals surface area (Å²) in [7, 11) is 7.35. The maximum atomic E-state index is 12.5. The van der Waals surface area contributed by atoms with Gasteiger partial charge in [-0.1, -0.05) is 12.1 Å². The Labute approximate surface area is 531 Å². The minimum absolute atomic E-state index is 0.0131. The zero-order valence-corrected chi connectivity index (χ0v) is 53.9. The zero-order chi connectivity index (χ0) is 66.8. The Morgan fingerprint density at radius 3 is 1.31 bits per heavy atom. The van der Waals surface area contributed by atoms with Crippen LogP contribution in [0.2, 0.25) is 0 Å².